The predicted molar refractivity (Wildman–Crippen MR) is 72.9 cm³/mol. The van der Waals surface area contributed by atoms with Crippen LogP contribution in [0.15, 0.2) is 18.2 Å². The van der Waals surface area contributed by atoms with E-state index in [1.807, 2.05) is 13.8 Å². The van der Waals surface area contributed by atoms with Crippen LogP contribution in [0.2, 0.25) is 5.02 Å². The summed E-state index contributed by atoms with van der Waals surface area (Å²) in [6, 6.07) is 4.04. The molecule has 0 spiro atoms. The highest BCUT2D eigenvalue weighted by Crippen LogP contribution is 2.26. The minimum absolute atomic E-state index is 0.0676. The van der Waals surface area contributed by atoms with Crippen LogP contribution in [0.5, 0.6) is 0 Å². The normalized spacial score (nSPS) is 12.3. The zero-order chi connectivity index (χ0) is 14.7. The van der Waals surface area contributed by atoms with Crippen LogP contribution in [0.3, 0.4) is 0 Å². The van der Waals surface area contributed by atoms with Crippen LogP contribution in [-0.4, -0.2) is 31.7 Å². The summed E-state index contributed by atoms with van der Waals surface area (Å²) in [4.78, 5) is 10.4. The lowest BCUT2D eigenvalue weighted by molar-refractivity contribution is -0.384. The van der Waals surface area contributed by atoms with Gasteiger partial charge in [0.1, 0.15) is 0 Å². The van der Waals surface area contributed by atoms with E-state index < -0.39 is 4.92 Å². The van der Waals surface area contributed by atoms with Crippen molar-refractivity contribution in [1.82, 2.24) is 25.5 Å². The number of rotatable bonds is 5. The van der Waals surface area contributed by atoms with Crippen molar-refractivity contribution in [1.29, 1.82) is 0 Å². The first-order valence-electron chi connectivity index (χ1n) is 6.00. The second-order valence-electron chi connectivity index (χ2n) is 4.12. The summed E-state index contributed by atoms with van der Waals surface area (Å²) in [5.41, 5.74) is 0.313. The number of non-ortho nitro benzene ring substituents is 1. The van der Waals surface area contributed by atoms with Crippen molar-refractivity contribution >= 4 is 17.3 Å². The topological polar surface area (TPSA) is 98.8 Å². The van der Waals surface area contributed by atoms with E-state index in [1.165, 1.54) is 22.9 Å². The Morgan fingerprint density at radius 1 is 1.55 bits per heavy atom. The summed E-state index contributed by atoms with van der Waals surface area (Å²) in [6.45, 7) is 4.61. The highest BCUT2D eigenvalue weighted by atomic mass is 35.5. The Morgan fingerprint density at radius 3 is 2.95 bits per heavy atom. The van der Waals surface area contributed by atoms with Gasteiger partial charge >= 0.3 is 0 Å². The van der Waals surface area contributed by atoms with Crippen LogP contribution in [-0.2, 0) is 0 Å². The third-order valence-electron chi connectivity index (χ3n) is 2.76. The van der Waals surface area contributed by atoms with Gasteiger partial charge in [0, 0.05) is 12.1 Å². The fourth-order valence-electron chi connectivity index (χ4n) is 1.81. The van der Waals surface area contributed by atoms with Crippen LogP contribution in [0.4, 0.5) is 5.69 Å². The van der Waals surface area contributed by atoms with Crippen LogP contribution >= 0.6 is 11.6 Å². The van der Waals surface area contributed by atoms with Crippen molar-refractivity contribution in [3.05, 3.63) is 39.2 Å². The summed E-state index contributed by atoms with van der Waals surface area (Å²) in [6.07, 6.45) is 0. The number of nitro groups is 1. The highest BCUT2D eigenvalue weighted by Gasteiger charge is 2.19. The lowest BCUT2D eigenvalue weighted by Gasteiger charge is -2.12. The SMILES string of the molecule is CCNC(C)c1nnnn1-c1cc([N+](=O)[O-])ccc1Cl. The fourth-order valence-corrected chi connectivity index (χ4v) is 2.01. The van der Waals surface area contributed by atoms with Gasteiger partial charge in [-0.1, -0.05) is 18.5 Å². The summed E-state index contributed by atoms with van der Waals surface area (Å²) < 4.78 is 1.41. The molecule has 0 aliphatic carbocycles. The van der Waals surface area contributed by atoms with E-state index in [2.05, 4.69) is 20.8 Å². The van der Waals surface area contributed by atoms with Gasteiger partial charge < -0.3 is 5.32 Å². The second kappa shape index (κ2) is 5.93. The van der Waals surface area contributed by atoms with E-state index in [-0.39, 0.29) is 11.7 Å². The van der Waals surface area contributed by atoms with Gasteiger partial charge in [0.15, 0.2) is 5.82 Å². The molecule has 0 radical (unpaired) electrons. The molecule has 1 aromatic carbocycles. The molecule has 9 heteroatoms. The van der Waals surface area contributed by atoms with E-state index in [0.717, 1.165) is 6.54 Å². The Bertz CT molecular complexity index is 629. The maximum Gasteiger partial charge on any atom is 0.271 e. The van der Waals surface area contributed by atoms with Gasteiger partial charge in [0.25, 0.3) is 5.69 Å². The van der Waals surface area contributed by atoms with E-state index in [4.69, 9.17) is 11.6 Å². The fraction of sp³-hybridized carbons (Fsp3) is 0.364. The summed E-state index contributed by atoms with van der Waals surface area (Å²) in [5, 5.41) is 25.8. The van der Waals surface area contributed by atoms with Gasteiger partial charge in [-0.3, -0.25) is 10.1 Å². The first-order valence-corrected chi connectivity index (χ1v) is 6.38. The average molecular weight is 297 g/mol. The minimum atomic E-state index is -0.489. The Kier molecular flexibility index (Phi) is 4.26. The number of nitrogens with zero attached hydrogens (tertiary/aromatic N) is 5. The zero-order valence-electron chi connectivity index (χ0n) is 10.9. The molecule has 1 heterocycles. The van der Waals surface area contributed by atoms with Crippen molar-refractivity contribution < 1.29 is 4.92 Å². The Morgan fingerprint density at radius 2 is 2.30 bits per heavy atom. The number of benzene rings is 1. The minimum Gasteiger partial charge on any atom is -0.308 e. The molecule has 106 valence electrons. The molecule has 8 nitrogen and oxygen atoms in total. The quantitative estimate of drug-likeness (QED) is 0.668. The van der Waals surface area contributed by atoms with Gasteiger partial charge in [-0.25, -0.2) is 0 Å². The van der Waals surface area contributed by atoms with E-state index in [9.17, 15) is 10.1 Å². The molecule has 0 saturated carbocycles. The van der Waals surface area contributed by atoms with Crippen molar-refractivity contribution in [2.45, 2.75) is 19.9 Å². The Balaban J connectivity index is 2.49. The van der Waals surface area contributed by atoms with Gasteiger partial charge in [-0.2, -0.15) is 4.68 Å². The molecule has 20 heavy (non-hydrogen) atoms. The largest absolute Gasteiger partial charge is 0.308 e. The highest BCUT2D eigenvalue weighted by molar-refractivity contribution is 6.32. The van der Waals surface area contributed by atoms with Crippen LogP contribution < -0.4 is 5.32 Å². The molecule has 0 aliphatic rings. The lowest BCUT2D eigenvalue weighted by Crippen LogP contribution is -2.21. The molecule has 0 amide bonds. The zero-order valence-corrected chi connectivity index (χ0v) is 11.7. The van der Waals surface area contributed by atoms with Crippen LogP contribution in [0, 0.1) is 10.1 Å². The van der Waals surface area contributed by atoms with Gasteiger partial charge in [-0.15, -0.1) is 5.10 Å². The number of hydrogen-bond acceptors (Lipinski definition) is 6. The molecule has 1 unspecified atom stereocenters. The third-order valence-corrected chi connectivity index (χ3v) is 3.08. The average Bonchev–Trinajstić information content (AvgIpc) is 2.88. The molecule has 1 aromatic heterocycles. The molecule has 1 N–H and O–H groups in total. The molecule has 1 atom stereocenters. The lowest BCUT2D eigenvalue weighted by atomic mass is 10.2. The number of tetrazole rings is 1. The molecule has 0 bridgehead atoms. The molecular weight excluding hydrogens is 284 g/mol. The predicted octanol–water partition coefficient (Wildman–Crippen LogP) is 1.89. The Hall–Kier alpha value is -2.06. The first kappa shape index (κ1) is 14.4. The molecule has 2 aromatic rings. The number of halogens is 1. The number of nitro benzene ring substituents is 1. The monoisotopic (exact) mass is 296 g/mol. The van der Waals surface area contributed by atoms with Crippen LogP contribution in [0.25, 0.3) is 5.69 Å². The van der Waals surface area contributed by atoms with Gasteiger partial charge in [0.2, 0.25) is 0 Å². The number of hydrogen-bond donors (Lipinski definition) is 1. The first-order chi connectivity index (χ1) is 9.54. The maximum absolute atomic E-state index is 10.8. The van der Waals surface area contributed by atoms with Crippen molar-refractivity contribution in [2.24, 2.45) is 0 Å². The maximum atomic E-state index is 10.8. The van der Waals surface area contributed by atoms with E-state index in [0.29, 0.717) is 16.5 Å². The van der Waals surface area contributed by atoms with Crippen molar-refractivity contribution in [3.63, 3.8) is 0 Å². The summed E-state index contributed by atoms with van der Waals surface area (Å²) >= 11 is 6.09. The standard InChI is InChI=1S/C11H13ClN6O2/c1-3-13-7(2)11-14-15-16-17(11)10-6-8(18(19)20)4-5-9(10)12/h4-7,13H,3H2,1-2H3. The van der Waals surface area contributed by atoms with Crippen molar-refractivity contribution in [3.8, 4) is 5.69 Å². The molecule has 0 fully saturated rings. The van der Waals surface area contributed by atoms with Gasteiger partial charge in [0.05, 0.1) is 21.7 Å². The molecule has 0 aliphatic heterocycles. The van der Waals surface area contributed by atoms with E-state index in [1.54, 1.807) is 0 Å². The smallest absolute Gasteiger partial charge is 0.271 e. The van der Waals surface area contributed by atoms with Crippen LogP contribution in [0.1, 0.15) is 25.7 Å². The van der Waals surface area contributed by atoms with E-state index >= 15 is 0 Å². The molecule has 0 saturated heterocycles. The molecule has 2 rings (SSSR count). The summed E-state index contributed by atoms with van der Waals surface area (Å²) in [5.74, 6) is 0.536. The van der Waals surface area contributed by atoms with Crippen molar-refractivity contribution in [2.75, 3.05) is 6.54 Å². The summed E-state index contributed by atoms with van der Waals surface area (Å²) in [7, 11) is 0. The second-order valence-corrected chi connectivity index (χ2v) is 4.53. The third kappa shape index (κ3) is 2.75. The number of nitrogens with one attached hydrogen (secondary N) is 1. The molecular formula is C11H13ClN6O2. The Labute approximate surface area is 119 Å². The number of aromatic nitrogens is 4. The van der Waals surface area contributed by atoms with Gasteiger partial charge in [-0.05, 0) is 30.0 Å².